The fourth-order valence-corrected chi connectivity index (χ4v) is 5.29. The lowest BCUT2D eigenvalue weighted by atomic mass is 9.71. The number of nitrogens with zero attached hydrogens (tertiary/aromatic N) is 2. The smallest absolute Gasteiger partial charge is 0.400 e. The molecule has 1 unspecified atom stereocenters. The second-order valence-corrected chi connectivity index (χ2v) is 11.0. The maximum atomic E-state index is 13.6. The number of aromatic nitrogens is 2. The minimum absolute atomic E-state index is 0.294. The van der Waals surface area contributed by atoms with Crippen LogP contribution in [0.15, 0.2) is 54.3 Å². The molecule has 0 bridgehead atoms. The molecule has 1 aliphatic heterocycles. The van der Waals surface area contributed by atoms with Gasteiger partial charge in [0.1, 0.15) is 4.75 Å². The molecule has 2 aromatic rings. The topological polar surface area (TPSA) is 70.4 Å². The molecule has 3 heterocycles. The minimum Gasteiger partial charge on any atom is -0.400 e. The average Bonchev–Trinajstić information content (AvgIpc) is 3.13. The van der Waals surface area contributed by atoms with Crippen LogP contribution in [0, 0.1) is 0 Å². The van der Waals surface area contributed by atoms with Crippen molar-refractivity contribution in [2.24, 2.45) is 0 Å². The summed E-state index contributed by atoms with van der Waals surface area (Å²) in [5.41, 5.74) is 1.09. The number of rotatable bonds is 3. The van der Waals surface area contributed by atoms with Gasteiger partial charge in [-0.25, -0.2) is 12.4 Å². The molecule has 0 spiro atoms. The normalized spacial score (nSPS) is 26.6. The summed E-state index contributed by atoms with van der Waals surface area (Å²) >= 11 is 0. The molecule has 8 heteroatoms. The second kappa shape index (κ2) is 6.05. The van der Waals surface area contributed by atoms with Gasteiger partial charge in [0.15, 0.2) is 0 Å². The fourth-order valence-electron chi connectivity index (χ4n) is 3.61. The van der Waals surface area contributed by atoms with E-state index in [1.807, 2.05) is 33.8 Å². The zero-order chi connectivity index (χ0) is 20.4. The zero-order valence-corrected chi connectivity index (χ0v) is 17.7. The van der Waals surface area contributed by atoms with Crippen molar-refractivity contribution in [3.63, 3.8) is 0 Å². The Morgan fingerprint density at radius 3 is 2.46 bits per heavy atom. The van der Waals surface area contributed by atoms with Gasteiger partial charge in [-0.1, -0.05) is 18.2 Å². The molecule has 1 aliphatic carbocycles. The van der Waals surface area contributed by atoms with Gasteiger partial charge in [-0.05, 0) is 64.7 Å². The van der Waals surface area contributed by atoms with E-state index in [1.54, 1.807) is 49.7 Å². The molecule has 0 saturated carbocycles. The van der Waals surface area contributed by atoms with E-state index in [2.05, 4.69) is 4.98 Å². The van der Waals surface area contributed by atoms with E-state index in [0.717, 1.165) is 5.47 Å². The van der Waals surface area contributed by atoms with Gasteiger partial charge >= 0.3 is 7.12 Å². The van der Waals surface area contributed by atoms with Crippen molar-refractivity contribution in [1.82, 2.24) is 8.96 Å². The van der Waals surface area contributed by atoms with Crippen molar-refractivity contribution in [2.45, 2.75) is 57.0 Å². The van der Waals surface area contributed by atoms with E-state index < -0.39 is 33.1 Å². The van der Waals surface area contributed by atoms with Gasteiger partial charge in [-0.15, -0.1) is 0 Å². The summed E-state index contributed by atoms with van der Waals surface area (Å²) in [7, 11) is -4.29. The lowest BCUT2D eigenvalue weighted by Gasteiger charge is -2.32. The van der Waals surface area contributed by atoms with E-state index in [4.69, 9.17) is 9.31 Å². The molecule has 2 aromatic heterocycles. The number of pyridine rings is 1. The monoisotopic (exact) mass is 400 g/mol. The molecule has 1 atom stereocenters. The Labute approximate surface area is 166 Å². The van der Waals surface area contributed by atoms with Crippen LogP contribution >= 0.6 is 0 Å². The molecular weight excluding hydrogens is 375 g/mol. The Kier molecular flexibility index (Phi) is 4.20. The fraction of sp³-hybridized carbons (Fsp3) is 0.450. The van der Waals surface area contributed by atoms with E-state index in [0.29, 0.717) is 17.5 Å². The predicted octanol–water partition coefficient (Wildman–Crippen LogP) is 3.49. The highest BCUT2D eigenvalue weighted by molar-refractivity contribution is 7.91. The summed E-state index contributed by atoms with van der Waals surface area (Å²) < 4.78 is 39.6. The molecular formula is C20H25BN2O4S. The molecule has 0 radical (unpaired) electrons. The maximum Gasteiger partial charge on any atom is 0.490 e. The lowest BCUT2D eigenvalue weighted by molar-refractivity contribution is 0.00578. The number of hydrogen-bond acceptors (Lipinski definition) is 5. The first-order chi connectivity index (χ1) is 13.0. The SMILES string of the molecule is CC1(C)OB(C2=CC=CC(C)(S(=O)(=O)n3ccc4ncccc43)C2)OC1(C)C. The van der Waals surface area contributed by atoms with Gasteiger partial charge < -0.3 is 9.31 Å². The number of allylic oxidation sites excluding steroid dienone is 3. The van der Waals surface area contributed by atoms with Crippen molar-refractivity contribution in [3.05, 3.63) is 54.3 Å². The van der Waals surface area contributed by atoms with Crippen LogP contribution in [0.25, 0.3) is 11.0 Å². The molecule has 6 nitrogen and oxygen atoms in total. The average molecular weight is 400 g/mol. The predicted molar refractivity (Wildman–Crippen MR) is 110 cm³/mol. The zero-order valence-electron chi connectivity index (χ0n) is 16.8. The first-order valence-electron chi connectivity index (χ1n) is 9.38. The van der Waals surface area contributed by atoms with Crippen LogP contribution in [0.4, 0.5) is 0 Å². The molecule has 0 aromatic carbocycles. The highest BCUT2D eigenvalue weighted by Crippen LogP contribution is 2.42. The van der Waals surface area contributed by atoms with E-state index in [1.165, 1.54) is 3.97 Å². The summed E-state index contributed by atoms with van der Waals surface area (Å²) in [5, 5.41) is 0. The maximum absolute atomic E-state index is 13.6. The van der Waals surface area contributed by atoms with Gasteiger partial charge in [-0.2, -0.15) is 0 Å². The summed E-state index contributed by atoms with van der Waals surface area (Å²) in [6.45, 7) is 9.68. The molecule has 0 amide bonds. The third-order valence-electron chi connectivity index (χ3n) is 6.14. The molecule has 148 valence electrons. The van der Waals surface area contributed by atoms with Crippen molar-refractivity contribution < 1.29 is 17.7 Å². The van der Waals surface area contributed by atoms with Crippen molar-refractivity contribution in [3.8, 4) is 0 Å². The van der Waals surface area contributed by atoms with Crippen molar-refractivity contribution in [1.29, 1.82) is 0 Å². The Balaban J connectivity index is 1.68. The molecule has 0 N–H and O–H groups in total. The lowest BCUT2D eigenvalue weighted by Crippen LogP contribution is -2.41. The van der Waals surface area contributed by atoms with Crippen molar-refractivity contribution >= 4 is 28.2 Å². The third-order valence-corrected chi connectivity index (χ3v) is 8.44. The van der Waals surface area contributed by atoms with Crippen LogP contribution in [-0.2, 0) is 19.3 Å². The number of fused-ring (bicyclic) bond motifs is 1. The van der Waals surface area contributed by atoms with Gasteiger partial charge in [-0.3, -0.25) is 4.98 Å². The number of hydrogen-bond donors (Lipinski definition) is 0. The Morgan fingerprint density at radius 2 is 1.79 bits per heavy atom. The molecule has 1 fully saturated rings. The summed E-state index contributed by atoms with van der Waals surface area (Å²) in [4.78, 5) is 4.24. The quantitative estimate of drug-likeness (QED) is 0.738. The summed E-state index contributed by atoms with van der Waals surface area (Å²) in [6, 6.07) is 5.22. The Morgan fingerprint density at radius 1 is 1.11 bits per heavy atom. The van der Waals surface area contributed by atoms with Crippen LogP contribution in [0.5, 0.6) is 0 Å². The van der Waals surface area contributed by atoms with Gasteiger partial charge in [0, 0.05) is 12.4 Å². The standard InChI is InChI=1S/C20H25BN2O4S/c1-18(2)19(3,4)27-21(26-18)15-8-6-11-20(5,14-15)28(24,25)23-13-10-16-17(23)9-7-12-22-16/h6-13H,14H2,1-5H3. The van der Waals surface area contributed by atoms with Crippen LogP contribution in [-0.4, -0.2) is 40.4 Å². The summed E-state index contributed by atoms with van der Waals surface area (Å²) in [6.07, 6.45) is 8.93. The highest BCUT2D eigenvalue weighted by atomic mass is 32.2. The third kappa shape index (κ3) is 2.77. The molecule has 1 saturated heterocycles. The minimum atomic E-state index is -3.73. The molecule has 2 aliphatic rings. The van der Waals surface area contributed by atoms with Crippen LogP contribution < -0.4 is 0 Å². The van der Waals surface area contributed by atoms with Crippen LogP contribution in [0.1, 0.15) is 41.0 Å². The van der Waals surface area contributed by atoms with E-state index in [-0.39, 0.29) is 0 Å². The first-order valence-corrected chi connectivity index (χ1v) is 10.8. The molecule has 28 heavy (non-hydrogen) atoms. The second-order valence-electron chi connectivity index (χ2n) is 8.70. The van der Waals surface area contributed by atoms with E-state index in [9.17, 15) is 8.42 Å². The highest BCUT2D eigenvalue weighted by Gasteiger charge is 2.54. The largest absolute Gasteiger partial charge is 0.490 e. The van der Waals surface area contributed by atoms with Crippen LogP contribution in [0.2, 0.25) is 0 Å². The van der Waals surface area contributed by atoms with Crippen LogP contribution in [0.3, 0.4) is 0 Å². The Hall–Kier alpha value is -1.90. The van der Waals surface area contributed by atoms with Gasteiger partial charge in [0.05, 0.1) is 22.2 Å². The van der Waals surface area contributed by atoms with E-state index >= 15 is 0 Å². The first kappa shape index (κ1) is 19.4. The van der Waals surface area contributed by atoms with Gasteiger partial charge in [0.2, 0.25) is 10.0 Å². The van der Waals surface area contributed by atoms with Crippen molar-refractivity contribution in [2.75, 3.05) is 0 Å². The van der Waals surface area contributed by atoms with Gasteiger partial charge in [0.25, 0.3) is 0 Å². The summed E-state index contributed by atoms with van der Waals surface area (Å²) in [5.74, 6) is 0. The Bertz CT molecular complexity index is 1080. The molecule has 4 rings (SSSR count).